The van der Waals surface area contributed by atoms with Crippen LogP contribution in [0.5, 0.6) is 0 Å². The molecule has 0 saturated carbocycles. The number of halogens is 4. The average Bonchev–Trinajstić information content (AvgIpc) is 2.94. The first-order valence-electron chi connectivity index (χ1n) is 9.26. The van der Waals surface area contributed by atoms with Crippen molar-refractivity contribution in [3.63, 3.8) is 0 Å². The number of rotatable bonds is 4. The molecule has 0 aliphatic heterocycles. The SMILES string of the molecule is Cc1c(-c2cn(CC(F)(F)F)c(=O)c3ccccc23)c2cc(F)ccc2n1CC(=O)O. The van der Waals surface area contributed by atoms with E-state index in [-0.39, 0.29) is 10.9 Å². The van der Waals surface area contributed by atoms with Crippen LogP contribution in [0, 0.1) is 12.7 Å². The fraction of sp³-hybridized carbons (Fsp3) is 0.182. The Morgan fingerprint density at radius 1 is 1.06 bits per heavy atom. The topological polar surface area (TPSA) is 64.2 Å². The van der Waals surface area contributed by atoms with Gasteiger partial charge in [-0.1, -0.05) is 18.2 Å². The van der Waals surface area contributed by atoms with Gasteiger partial charge in [0.1, 0.15) is 18.9 Å². The summed E-state index contributed by atoms with van der Waals surface area (Å²) >= 11 is 0. The molecule has 4 rings (SSSR count). The van der Waals surface area contributed by atoms with E-state index >= 15 is 0 Å². The Morgan fingerprint density at radius 3 is 2.39 bits per heavy atom. The molecule has 0 bridgehead atoms. The van der Waals surface area contributed by atoms with E-state index in [0.717, 1.165) is 6.20 Å². The molecule has 0 fully saturated rings. The van der Waals surface area contributed by atoms with E-state index in [4.69, 9.17) is 0 Å². The predicted molar refractivity (Wildman–Crippen MR) is 108 cm³/mol. The maximum Gasteiger partial charge on any atom is 0.406 e. The van der Waals surface area contributed by atoms with E-state index in [1.54, 1.807) is 25.1 Å². The number of carboxylic acid groups (broad SMARTS) is 1. The summed E-state index contributed by atoms with van der Waals surface area (Å²) in [5.74, 6) is -1.70. The van der Waals surface area contributed by atoms with Crippen molar-refractivity contribution in [2.45, 2.75) is 26.2 Å². The van der Waals surface area contributed by atoms with Gasteiger partial charge < -0.3 is 14.2 Å². The smallest absolute Gasteiger partial charge is 0.406 e. The average molecular weight is 432 g/mol. The van der Waals surface area contributed by atoms with E-state index in [1.165, 1.54) is 28.8 Å². The van der Waals surface area contributed by atoms with Crippen molar-refractivity contribution < 1.29 is 27.5 Å². The maximum atomic E-state index is 14.1. The van der Waals surface area contributed by atoms with Gasteiger partial charge in [-0.3, -0.25) is 9.59 Å². The zero-order chi connectivity index (χ0) is 22.5. The summed E-state index contributed by atoms with van der Waals surface area (Å²) in [7, 11) is 0. The lowest BCUT2D eigenvalue weighted by molar-refractivity contribution is -0.141. The van der Waals surface area contributed by atoms with Gasteiger partial charge in [0.05, 0.1) is 0 Å². The molecule has 0 amide bonds. The number of alkyl halides is 3. The molecule has 2 aromatic carbocycles. The van der Waals surface area contributed by atoms with Crippen LogP contribution in [0.3, 0.4) is 0 Å². The highest BCUT2D eigenvalue weighted by Crippen LogP contribution is 2.38. The number of aromatic nitrogens is 2. The molecule has 0 unspecified atom stereocenters. The summed E-state index contributed by atoms with van der Waals surface area (Å²) in [4.78, 5) is 24.0. The van der Waals surface area contributed by atoms with Gasteiger partial charge in [0.25, 0.3) is 5.56 Å². The Morgan fingerprint density at radius 2 is 1.74 bits per heavy atom. The first-order chi connectivity index (χ1) is 14.6. The van der Waals surface area contributed by atoms with Gasteiger partial charge in [0.2, 0.25) is 0 Å². The number of carboxylic acids is 1. The van der Waals surface area contributed by atoms with Crippen LogP contribution < -0.4 is 5.56 Å². The molecule has 2 aromatic heterocycles. The van der Waals surface area contributed by atoms with Crippen molar-refractivity contribution in [3.8, 4) is 11.1 Å². The molecule has 0 spiro atoms. The van der Waals surface area contributed by atoms with E-state index in [9.17, 15) is 32.3 Å². The largest absolute Gasteiger partial charge is 0.480 e. The second-order valence-electron chi connectivity index (χ2n) is 7.24. The fourth-order valence-electron chi connectivity index (χ4n) is 3.99. The van der Waals surface area contributed by atoms with Crippen LogP contribution in [-0.2, 0) is 17.9 Å². The number of hydrogen-bond donors (Lipinski definition) is 1. The van der Waals surface area contributed by atoms with Crippen LogP contribution in [0.15, 0.2) is 53.5 Å². The summed E-state index contributed by atoms with van der Waals surface area (Å²) < 4.78 is 55.5. The first kappa shape index (κ1) is 20.6. The summed E-state index contributed by atoms with van der Waals surface area (Å²) in [5.41, 5.74) is 0.730. The highest BCUT2D eigenvalue weighted by Gasteiger charge is 2.29. The highest BCUT2D eigenvalue weighted by atomic mass is 19.4. The number of benzene rings is 2. The molecule has 0 atom stereocenters. The summed E-state index contributed by atoms with van der Waals surface area (Å²) in [6, 6.07) is 10.1. The number of aliphatic carboxylic acids is 1. The van der Waals surface area contributed by atoms with Crippen molar-refractivity contribution in [2.24, 2.45) is 0 Å². The van der Waals surface area contributed by atoms with Crippen LogP contribution in [0.2, 0.25) is 0 Å². The Kier molecular flexibility index (Phi) is 4.83. The van der Waals surface area contributed by atoms with Crippen LogP contribution in [0.1, 0.15) is 5.69 Å². The number of pyridine rings is 1. The van der Waals surface area contributed by atoms with Gasteiger partial charge in [-0.05, 0) is 36.6 Å². The second-order valence-corrected chi connectivity index (χ2v) is 7.24. The van der Waals surface area contributed by atoms with Gasteiger partial charge in [-0.2, -0.15) is 13.2 Å². The monoisotopic (exact) mass is 432 g/mol. The second kappa shape index (κ2) is 7.26. The molecular formula is C22H16F4N2O3. The lowest BCUT2D eigenvalue weighted by atomic mass is 9.98. The Balaban J connectivity index is 2.13. The number of fused-ring (bicyclic) bond motifs is 2. The molecule has 4 aromatic rings. The first-order valence-corrected chi connectivity index (χ1v) is 9.26. The maximum absolute atomic E-state index is 14.1. The summed E-state index contributed by atoms with van der Waals surface area (Å²) in [5, 5.41) is 10.1. The third-order valence-electron chi connectivity index (χ3n) is 5.19. The zero-order valence-corrected chi connectivity index (χ0v) is 16.2. The highest BCUT2D eigenvalue weighted by molar-refractivity contribution is 6.06. The van der Waals surface area contributed by atoms with Crippen LogP contribution in [0.25, 0.3) is 32.8 Å². The molecule has 160 valence electrons. The normalized spacial score (nSPS) is 12.0. The molecule has 0 aliphatic carbocycles. The molecule has 0 radical (unpaired) electrons. The van der Waals surface area contributed by atoms with Crippen LogP contribution in [-0.4, -0.2) is 26.4 Å². The van der Waals surface area contributed by atoms with E-state index in [0.29, 0.717) is 32.1 Å². The number of nitrogens with zero attached hydrogens (tertiary/aromatic N) is 2. The quantitative estimate of drug-likeness (QED) is 0.475. The van der Waals surface area contributed by atoms with Crippen molar-refractivity contribution in [2.75, 3.05) is 0 Å². The minimum atomic E-state index is -4.62. The fourth-order valence-corrected chi connectivity index (χ4v) is 3.99. The Bertz CT molecular complexity index is 1400. The predicted octanol–water partition coefficient (Wildman–Crippen LogP) is 4.72. The van der Waals surface area contributed by atoms with Gasteiger partial charge in [0.15, 0.2) is 0 Å². The van der Waals surface area contributed by atoms with Gasteiger partial charge in [-0.15, -0.1) is 0 Å². The van der Waals surface area contributed by atoms with Crippen molar-refractivity contribution in [3.05, 3.63) is 70.5 Å². The lowest BCUT2D eigenvalue weighted by Gasteiger charge is -2.15. The molecule has 9 heteroatoms. The zero-order valence-electron chi connectivity index (χ0n) is 16.2. The van der Waals surface area contributed by atoms with E-state index in [2.05, 4.69) is 0 Å². The van der Waals surface area contributed by atoms with Crippen LogP contribution in [0.4, 0.5) is 17.6 Å². The van der Waals surface area contributed by atoms with Crippen LogP contribution >= 0.6 is 0 Å². The molecule has 0 aliphatic rings. The Hall–Kier alpha value is -3.62. The summed E-state index contributed by atoms with van der Waals surface area (Å²) in [6.45, 7) is -0.275. The standard InChI is InChI=1S/C22H16F4N2O3/c1-12-20(16-8-13(23)6-7-18(16)28(12)10-19(29)30)17-9-27(11-22(24,25)26)21(31)15-5-3-2-4-14(15)17/h2-9H,10-11H2,1H3,(H,29,30). The van der Waals surface area contributed by atoms with Gasteiger partial charge in [-0.25, -0.2) is 4.39 Å². The minimum Gasteiger partial charge on any atom is -0.480 e. The molecule has 0 saturated heterocycles. The van der Waals surface area contributed by atoms with E-state index < -0.39 is 36.6 Å². The number of hydrogen-bond acceptors (Lipinski definition) is 2. The van der Waals surface area contributed by atoms with Gasteiger partial charge in [0, 0.05) is 39.3 Å². The van der Waals surface area contributed by atoms with Crippen molar-refractivity contribution in [1.82, 2.24) is 9.13 Å². The minimum absolute atomic E-state index is 0.0826. The van der Waals surface area contributed by atoms with Crippen molar-refractivity contribution in [1.29, 1.82) is 0 Å². The molecule has 2 heterocycles. The molecule has 5 nitrogen and oxygen atoms in total. The third kappa shape index (κ3) is 3.67. The molecular weight excluding hydrogens is 416 g/mol. The molecule has 31 heavy (non-hydrogen) atoms. The number of carbonyl (C=O) groups is 1. The van der Waals surface area contributed by atoms with Crippen molar-refractivity contribution >= 4 is 27.6 Å². The third-order valence-corrected chi connectivity index (χ3v) is 5.19. The Labute approximate surface area is 172 Å². The summed E-state index contributed by atoms with van der Waals surface area (Å²) in [6.07, 6.45) is -3.52. The van der Waals surface area contributed by atoms with Gasteiger partial charge >= 0.3 is 12.1 Å². The lowest BCUT2D eigenvalue weighted by Crippen LogP contribution is -2.28. The van der Waals surface area contributed by atoms with E-state index in [1.807, 2.05) is 0 Å². The molecule has 1 N–H and O–H groups in total.